The average molecular weight is 230 g/mol. The molecule has 0 spiro atoms. The SMILES string of the molecule is CCc1cc(Cl)c(OC)c(C(N)CO)c1. The van der Waals surface area contributed by atoms with Gasteiger partial charge in [-0.2, -0.15) is 0 Å². The normalized spacial score (nSPS) is 12.6. The van der Waals surface area contributed by atoms with Gasteiger partial charge < -0.3 is 15.6 Å². The molecule has 0 amide bonds. The number of methoxy groups -OCH3 is 1. The summed E-state index contributed by atoms with van der Waals surface area (Å²) in [5, 5.41) is 9.58. The molecule has 0 fully saturated rings. The largest absolute Gasteiger partial charge is 0.495 e. The number of aliphatic hydroxyl groups is 1. The first-order valence-electron chi connectivity index (χ1n) is 4.86. The van der Waals surface area contributed by atoms with Gasteiger partial charge in [0.15, 0.2) is 0 Å². The smallest absolute Gasteiger partial charge is 0.142 e. The van der Waals surface area contributed by atoms with E-state index in [-0.39, 0.29) is 6.61 Å². The van der Waals surface area contributed by atoms with Gasteiger partial charge in [-0.1, -0.05) is 24.6 Å². The van der Waals surface area contributed by atoms with Gasteiger partial charge in [-0.25, -0.2) is 0 Å². The molecule has 1 rings (SSSR count). The molecule has 0 aromatic heterocycles. The standard InChI is InChI=1S/C11H16ClNO2/c1-3-7-4-8(10(13)6-14)11(15-2)9(12)5-7/h4-5,10,14H,3,6,13H2,1-2H3. The van der Waals surface area contributed by atoms with Gasteiger partial charge in [0.2, 0.25) is 0 Å². The highest BCUT2D eigenvalue weighted by Gasteiger charge is 2.15. The third-order valence-corrected chi connectivity index (χ3v) is 2.62. The third-order valence-electron chi connectivity index (χ3n) is 2.34. The zero-order valence-corrected chi connectivity index (χ0v) is 9.71. The van der Waals surface area contributed by atoms with Crippen molar-refractivity contribution in [2.45, 2.75) is 19.4 Å². The lowest BCUT2D eigenvalue weighted by molar-refractivity contribution is 0.264. The van der Waals surface area contributed by atoms with Crippen molar-refractivity contribution in [3.8, 4) is 5.75 Å². The van der Waals surface area contributed by atoms with Gasteiger partial charge in [0, 0.05) is 5.56 Å². The summed E-state index contributed by atoms with van der Waals surface area (Å²) in [6.45, 7) is 1.91. The van der Waals surface area contributed by atoms with Crippen LogP contribution in [0.4, 0.5) is 0 Å². The minimum Gasteiger partial charge on any atom is -0.495 e. The second-order valence-corrected chi connectivity index (χ2v) is 3.75. The Morgan fingerprint density at radius 2 is 2.20 bits per heavy atom. The number of nitrogens with two attached hydrogens (primary N) is 1. The first kappa shape index (κ1) is 12.3. The summed E-state index contributed by atoms with van der Waals surface area (Å²) in [6, 6.07) is 3.32. The molecule has 0 saturated carbocycles. The Bertz CT molecular complexity index is 342. The van der Waals surface area contributed by atoms with E-state index in [1.165, 1.54) is 0 Å². The Labute approximate surface area is 94.8 Å². The van der Waals surface area contributed by atoms with Crippen molar-refractivity contribution in [1.29, 1.82) is 0 Å². The first-order chi connectivity index (χ1) is 7.13. The van der Waals surface area contributed by atoms with Crippen LogP contribution in [-0.4, -0.2) is 18.8 Å². The van der Waals surface area contributed by atoms with Gasteiger partial charge >= 0.3 is 0 Å². The van der Waals surface area contributed by atoms with Crippen molar-refractivity contribution in [2.24, 2.45) is 5.73 Å². The van der Waals surface area contributed by atoms with Gasteiger partial charge in [0.1, 0.15) is 5.75 Å². The zero-order valence-electron chi connectivity index (χ0n) is 8.96. The molecule has 0 radical (unpaired) electrons. The molecule has 1 atom stereocenters. The van der Waals surface area contributed by atoms with Crippen molar-refractivity contribution in [3.05, 3.63) is 28.3 Å². The minimum atomic E-state index is -0.455. The van der Waals surface area contributed by atoms with Crippen LogP contribution in [0.3, 0.4) is 0 Å². The molecule has 0 bridgehead atoms. The second-order valence-electron chi connectivity index (χ2n) is 3.34. The van der Waals surface area contributed by atoms with Crippen LogP contribution in [0.1, 0.15) is 24.1 Å². The quantitative estimate of drug-likeness (QED) is 0.829. The van der Waals surface area contributed by atoms with Gasteiger partial charge in [0.25, 0.3) is 0 Å². The molecule has 15 heavy (non-hydrogen) atoms. The second kappa shape index (κ2) is 5.35. The highest BCUT2D eigenvalue weighted by molar-refractivity contribution is 6.32. The summed E-state index contributed by atoms with van der Waals surface area (Å²) in [5.74, 6) is 0.551. The van der Waals surface area contributed by atoms with Gasteiger partial charge in [-0.15, -0.1) is 0 Å². The first-order valence-corrected chi connectivity index (χ1v) is 5.24. The predicted octanol–water partition coefficient (Wildman–Crippen LogP) is 1.90. The van der Waals surface area contributed by atoms with Crippen LogP contribution in [0.15, 0.2) is 12.1 Å². The van der Waals surface area contributed by atoms with E-state index in [1.54, 1.807) is 7.11 Å². The molecule has 0 aliphatic carbocycles. The summed E-state index contributed by atoms with van der Waals surface area (Å²) >= 11 is 6.05. The van der Waals surface area contributed by atoms with Crippen molar-refractivity contribution in [2.75, 3.05) is 13.7 Å². The minimum absolute atomic E-state index is 0.125. The van der Waals surface area contributed by atoms with Gasteiger partial charge in [-0.3, -0.25) is 0 Å². The predicted molar refractivity (Wildman–Crippen MR) is 61.4 cm³/mol. The number of aryl methyl sites for hydroxylation is 1. The molecule has 0 aliphatic rings. The molecule has 3 nitrogen and oxygen atoms in total. The molecule has 84 valence electrons. The maximum absolute atomic E-state index is 9.04. The fourth-order valence-electron chi connectivity index (χ4n) is 1.47. The monoisotopic (exact) mass is 229 g/mol. The third kappa shape index (κ3) is 2.62. The van der Waals surface area contributed by atoms with Gasteiger partial charge in [-0.05, 0) is 18.1 Å². The summed E-state index contributed by atoms with van der Waals surface area (Å²) in [6.07, 6.45) is 0.870. The number of hydrogen-bond acceptors (Lipinski definition) is 3. The molecular formula is C11H16ClNO2. The lowest BCUT2D eigenvalue weighted by atomic mass is 10.0. The van der Waals surface area contributed by atoms with E-state index in [2.05, 4.69) is 0 Å². The van der Waals surface area contributed by atoms with Crippen LogP contribution in [0.2, 0.25) is 5.02 Å². The van der Waals surface area contributed by atoms with E-state index in [1.807, 2.05) is 19.1 Å². The Morgan fingerprint density at radius 3 is 2.67 bits per heavy atom. The molecule has 1 unspecified atom stereocenters. The fourth-order valence-corrected chi connectivity index (χ4v) is 1.79. The summed E-state index contributed by atoms with van der Waals surface area (Å²) in [5.41, 5.74) is 7.61. The van der Waals surface area contributed by atoms with Crippen molar-refractivity contribution < 1.29 is 9.84 Å². The highest BCUT2D eigenvalue weighted by Crippen LogP contribution is 2.33. The molecule has 0 saturated heterocycles. The number of rotatable bonds is 4. The summed E-state index contributed by atoms with van der Waals surface area (Å²) < 4.78 is 5.18. The van der Waals surface area contributed by atoms with Crippen LogP contribution in [-0.2, 0) is 6.42 Å². The van der Waals surface area contributed by atoms with Crippen LogP contribution in [0.5, 0.6) is 5.75 Å². The van der Waals surface area contributed by atoms with Crippen molar-refractivity contribution in [3.63, 3.8) is 0 Å². The summed E-state index contributed by atoms with van der Waals surface area (Å²) in [4.78, 5) is 0. The number of ether oxygens (including phenoxy) is 1. The van der Waals surface area contributed by atoms with E-state index < -0.39 is 6.04 Å². The lowest BCUT2D eigenvalue weighted by Crippen LogP contribution is -2.16. The maximum atomic E-state index is 9.04. The van der Waals surface area contributed by atoms with E-state index in [0.29, 0.717) is 10.8 Å². The Balaban J connectivity index is 3.25. The fraction of sp³-hybridized carbons (Fsp3) is 0.455. The van der Waals surface area contributed by atoms with Crippen LogP contribution in [0, 0.1) is 0 Å². The van der Waals surface area contributed by atoms with Crippen LogP contribution >= 0.6 is 11.6 Å². The van der Waals surface area contributed by atoms with E-state index in [4.69, 9.17) is 27.2 Å². The highest BCUT2D eigenvalue weighted by atomic mass is 35.5. The molecule has 0 heterocycles. The van der Waals surface area contributed by atoms with Crippen LogP contribution in [0.25, 0.3) is 0 Å². The average Bonchev–Trinajstić information content (AvgIpc) is 2.26. The molecule has 3 N–H and O–H groups in total. The molecular weight excluding hydrogens is 214 g/mol. The number of hydrogen-bond donors (Lipinski definition) is 2. The van der Waals surface area contributed by atoms with Crippen molar-refractivity contribution in [1.82, 2.24) is 0 Å². The Kier molecular flexibility index (Phi) is 4.39. The Hall–Kier alpha value is -0.770. The molecule has 0 aliphatic heterocycles. The number of aliphatic hydroxyl groups excluding tert-OH is 1. The summed E-state index contributed by atoms with van der Waals surface area (Å²) in [7, 11) is 1.54. The van der Waals surface area contributed by atoms with E-state index in [0.717, 1.165) is 17.5 Å². The maximum Gasteiger partial charge on any atom is 0.142 e. The molecule has 4 heteroatoms. The molecule has 1 aromatic carbocycles. The van der Waals surface area contributed by atoms with E-state index >= 15 is 0 Å². The zero-order chi connectivity index (χ0) is 11.4. The van der Waals surface area contributed by atoms with Gasteiger partial charge in [0.05, 0.1) is 24.8 Å². The Morgan fingerprint density at radius 1 is 1.53 bits per heavy atom. The van der Waals surface area contributed by atoms with E-state index in [9.17, 15) is 0 Å². The lowest BCUT2D eigenvalue weighted by Gasteiger charge is -2.16. The van der Waals surface area contributed by atoms with Crippen molar-refractivity contribution >= 4 is 11.6 Å². The van der Waals surface area contributed by atoms with Crippen LogP contribution < -0.4 is 10.5 Å². The topological polar surface area (TPSA) is 55.5 Å². The molecule has 1 aromatic rings. The number of halogens is 1. The number of benzene rings is 1.